The number of guanidine groups is 1. The normalized spacial score (nSPS) is 12.0. The largest absolute Gasteiger partial charge is 0.356 e. The zero-order chi connectivity index (χ0) is 17.5. The first kappa shape index (κ1) is 18.4. The number of aliphatic imine (C=N–C) groups is 1. The van der Waals surface area contributed by atoms with Gasteiger partial charge >= 0.3 is 0 Å². The molecule has 0 bridgehead atoms. The molecule has 2 rings (SSSR count). The highest BCUT2D eigenvalue weighted by Gasteiger charge is 2.09. The average molecular weight is 350 g/mol. The van der Waals surface area contributed by atoms with Crippen LogP contribution in [0.1, 0.15) is 47.1 Å². The van der Waals surface area contributed by atoms with Gasteiger partial charge in [-0.3, -0.25) is 4.99 Å². The number of aryl methyl sites for hydroxylation is 2. The van der Waals surface area contributed by atoms with Gasteiger partial charge in [-0.15, -0.1) is 11.3 Å². The molecule has 8 heteroatoms. The summed E-state index contributed by atoms with van der Waals surface area (Å²) in [5.74, 6) is 2.45. The van der Waals surface area contributed by atoms with E-state index in [0.29, 0.717) is 18.9 Å². The van der Waals surface area contributed by atoms with E-state index >= 15 is 0 Å². The second-order valence-electron chi connectivity index (χ2n) is 5.88. The van der Waals surface area contributed by atoms with E-state index in [9.17, 15) is 0 Å². The van der Waals surface area contributed by atoms with Crippen LogP contribution in [0.4, 0.5) is 0 Å². The molecular formula is C16H26N6OS. The summed E-state index contributed by atoms with van der Waals surface area (Å²) in [5, 5.41) is 11.7. The minimum atomic E-state index is 0.281. The molecule has 0 aromatic carbocycles. The van der Waals surface area contributed by atoms with Crippen LogP contribution >= 0.6 is 11.3 Å². The van der Waals surface area contributed by atoms with E-state index in [1.807, 2.05) is 20.8 Å². The summed E-state index contributed by atoms with van der Waals surface area (Å²) < 4.78 is 5.23. The van der Waals surface area contributed by atoms with Gasteiger partial charge in [0.2, 0.25) is 5.89 Å². The SMILES string of the molecule is CN=C(NCCc1nc(C(C)C)no1)NCCc1nc(C)c(C)s1. The molecule has 0 saturated carbocycles. The van der Waals surface area contributed by atoms with Gasteiger partial charge in [0.1, 0.15) is 0 Å². The van der Waals surface area contributed by atoms with Crippen molar-refractivity contribution in [2.24, 2.45) is 4.99 Å². The summed E-state index contributed by atoms with van der Waals surface area (Å²) in [6, 6.07) is 0. The Bertz CT molecular complexity index is 656. The molecule has 2 aromatic rings. The van der Waals surface area contributed by atoms with Crippen molar-refractivity contribution in [3.8, 4) is 0 Å². The molecule has 24 heavy (non-hydrogen) atoms. The highest BCUT2D eigenvalue weighted by atomic mass is 32.1. The topological polar surface area (TPSA) is 88.2 Å². The molecule has 0 spiro atoms. The van der Waals surface area contributed by atoms with Gasteiger partial charge in [0.05, 0.1) is 10.7 Å². The van der Waals surface area contributed by atoms with E-state index < -0.39 is 0 Å². The van der Waals surface area contributed by atoms with Crippen LogP contribution in [-0.4, -0.2) is 41.2 Å². The Balaban J connectivity index is 1.70. The van der Waals surface area contributed by atoms with Crippen LogP contribution in [-0.2, 0) is 12.8 Å². The lowest BCUT2D eigenvalue weighted by molar-refractivity contribution is 0.371. The fourth-order valence-corrected chi connectivity index (χ4v) is 2.98. The van der Waals surface area contributed by atoms with Crippen molar-refractivity contribution in [2.75, 3.05) is 20.1 Å². The molecule has 0 aliphatic heterocycles. The van der Waals surface area contributed by atoms with Crippen LogP contribution in [0.3, 0.4) is 0 Å². The van der Waals surface area contributed by atoms with Crippen LogP contribution in [0.25, 0.3) is 0 Å². The van der Waals surface area contributed by atoms with Crippen molar-refractivity contribution in [1.82, 2.24) is 25.8 Å². The Morgan fingerprint density at radius 1 is 1.17 bits per heavy atom. The van der Waals surface area contributed by atoms with E-state index in [4.69, 9.17) is 4.52 Å². The molecular weight excluding hydrogens is 324 g/mol. The van der Waals surface area contributed by atoms with Crippen LogP contribution in [0.2, 0.25) is 0 Å². The van der Waals surface area contributed by atoms with Crippen molar-refractivity contribution in [2.45, 2.75) is 46.5 Å². The van der Waals surface area contributed by atoms with Crippen molar-refractivity contribution < 1.29 is 4.52 Å². The summed E-state index contributed by atoms with van der Waals surface area (Å²) in [4.78, 5) is 14.4. The van der Waals surface area contributed by atoms with E-state index in [1.165, 1.54) is 4.88 Å². The molecule has 0 radical (unpaired) electrons. The molecule has 0 saturated heterocycles. The summed E-state index contributed by atoms with van der Waals surface area (Å²) in [7, 11) is 1.76. The van der Waals surface area contributed by atoms with Gasteiger partial charge in [-0.2, -0.15) is 4.98 Å². The van der Waals surface area contributed by atoms with E-state index in [1.54, 1.807) is 18.4 Å². The van der Waals surface area contributed by atoms with Gasteiger partial charge < -0.3 is 15.2 Å². The smallest absolute Gasteiger partial charge is 0.228 e. The quantitative estimate of drug-likeness (QED) is 0.588. The predicted octanol–water partition coefficient (Wildman–Crippen LogP) is 2.22. The summed E-state index contributed by atoms with van der Waals surface area (Å²) in [6.07, 6.45) is 1.56. The van der Waals surface area contributed by atoms with Crippen molar-refractivity contribution in [1.29, 1.82) is 0 Å². The third-order valence-electron chi connectivity index (χ3n) is 3.56. The maximum atomic E-state index is 5.23. The number of aromatic nitrogens is 3. The highest BCUT2D eigenvalue weighted by molar-refractivity contribution is 7.11. The lowest BCUT2D eigenvalue weighted by atomic mass is 10.2. The van der Waals surface area contributed by atoms with Crippen LogP contribution < -0.4 is 10.6 Å². The van der Waals surface area contributed by atoms with Gasteiger partial charge in [0, 0.05) is 43.8 Å². The second-order valence-corrected chi connectivity index (χ2v) is 7.16. The molecule has 2 heterocycles. The van der Waals surface area contributed by atoms with E-state index in [2.05, 4.69) is 37.7 Å². The van der Waals surface area contributed by atoms with Crippen molar-refractivity contribution >= 4 is 17.3 Å². The standard InChI is InChI=1S/C16H26N6OS/c1-10(2)15-21-13(23-22-15)6-8-18-16(17-5)19-9-7-14-20-11(3)12(4)24-14/h10H,6-9H2,1-5H3,(H2,17,18,19). The monoisotopic (exact) mass is 350 g/mol. The lowest BCUT2D eigenvalue weighted by Gasteiger charge is -2.10. The number of hydrogen-bond acceptors (Lipinski definition) is 6. The third kappa shape index (κ3) is 5.30. The van der Waals surface area contributed by atoms with Crippen LogP contribution in [0.5, 0.6) is 0 Å². The molecule has 0 fully saturated rings. The maximum absolute atomic E-state index is 5.23. The first-order valence-corrected chi connectivity index (χ1v) is 9.01. The van der Waals surface area contributed by atoms with Crippen LogP contribution in [0.15, 0.2) is 9.52 Å². The number of thiazole rings is 1. The molecule has 0 amide bonds. The minimum Gasteiger partial charge on any atom is -0.356 e. The fourth-order valence-electron chi connectivity index (χ4n) is 2.05. The van der Waals surface area contributed by atoms with Gasteiger partial charge in [-0.05, 0) is 13.8 Å². The van der Waals surface area contributed by atoms with Crippen molar-refractivity contribution in [3.63, 3.8) is 0 Å². The summed E-state index contributed by atoms with van der Waals surface area (Å²) in [6.45, 7) is 9.73. The molecule has 0 unspecified atom stereocenters. The van der Waals surface area contributed by atoms with Crippen molar-refractivity contribution in [3.05, 3.63) is 27.3 Å². The summed E-state index contributed by atoms with van der Waals surface area (Å²) in [5.41, 5.74) is 1.12. The summed E-state index contributed by atoms with van der Waals surface area (Å²) >= 11 is 1.75. The molecule has 2 aromatic heterocycles. The second kappa shape index (κ2) is 8.77. The molecule has 0 aliphatic carbocycles. The predicted molar refractivity (Wildman–Crippen MR) is 96.7 cm³/mol. The molecule has 2 N–H and O–H groups in total. The number of rotatable bonds is 7. The zero-order valence-corrected chi connectivity index (χ0v) is 15.8. The van der Waals surface area contributed by atoms with Gasteiger partial charge in [-0.25, -0.2) is 4.98 Å². The zero-order valence-electron chi connectivity index (χ0n) is 15.0. The fraction of sp³-hybridized carbons (Fsp3) is 0.625. The van der Waals surface area contributed by atoms with E-state index in [0.717, 1.165) is 35.5 Å². The first-order valence-electron chi connectivity index (χ1n) is 8.19. The molecule has 132 valence electrons. The molecule has 7 nitrogen and oxygen atoms in total. The van der Waals surface area contributed by atoms with Gasteiger partial charge in [0.25, 0.3) is 0 Å². The molecule has 0 atom stereocenters. The minimum absolute atomic E-state index is 0.281. The Labute approximate surface area is 147 Å². The highest BCUT2D eigenvalue weighted by Crippen LogP contribution is 2.16. The first-order chi connectivity index (χ1) is 11.5. The molecule has 0 aliphatic rings. The Hall–Kier alpha value is -1.96. The number of hydrogen-bond donors (Lipinski definition) is 2. The lowest BCUT2D eigenvalue weighted by Crippen LogP contribution is -2.39. The average Bonchev–Trinajstić information content (AvgIpc) is 3.13. The third-order valence-corrected chi connectivity index (χ3v) is 4.69. The Morgan fingerprint density at radius 3 is 2.42 bits per heavy atom. The van der Waals surface area contributed by atoms with Crippen LogP contribution in [0, 0.1) is 13.8 Å². The number of nitrogens with zero attached hydrogens (tertiary/aromatic N) is 4. The Kier molecular flexibility index (Phi) is 6.72. The van der Waals surface area contributed by atoms with Gasteiger partial charge in [-0.1, -0.05) is 19.0 Å². The maximum Gasteiger partial charge on any atom is 0.228 e. The van der Waals surface area contributed by atoms with E-state index in [-0.39, 0.29) is 5.92 Å². The van der Waals surface area contributed by atoms with Gasteiger partial charge in [0.15, 0.2) is 11.8 Å². The Morgan fingerprint density at radius 2 is 1.88 bits per heavy atom. The number of nitrogens with one attached hydrogen (secondary N) is 2.